The number of carbonyl (C=O) groups excluding carboxylic acids is 1. The van der Waals surface area contributed by atoms with Crippen molar-refractivity contribution in [2.75, 3.05) is 0 Å². The summed E-state index contributed by atoms with van der Waals surface area (Å²) in [6, 6.07) is 0. The number of hydrogen-bond acceptors (Lipinski definition) is 5. The fraction of sp³-hybridized carbons (Fsp3) is 0.857. The van der Waals surface area contributed by atoms with Gasteiger partial charge in [-0.1, -0.05) is 47.5 Å². The zero-order valence-electron chi connectivity index (χ0n) is 13.0. The van der Waals surface area contributed by atoms with Crippen LogP contribution in [0.2, 0.25) is 0 Å². The van der Waals surface area contributed by atoms with E-state index in [9.17, 15) is 9.59 Å². The summed E-state index contributed by atoms with van der Waals surface area (Å²) in [7, 11) is 0. The fourth-order valence-corrected chi connectivity index (χ4v) is 2.21. The molecule has 0 fully saturated rings. The molecule has 0 saturated carbocycles. The maximum atomic E-state index is 11.5. The topological polar surface area (TPSA) is 82.1 Å². The standard InChI is InChI=1S/C14H26O6/c1-6-8-9-10(7-2)11(14(3,4)5)18-13(17)20-19-12(15)16/h10-11H,6-9H2,1-5H3,(H,15,16). The largest absolute Gasteiger partial charge is 0.550 e. The SMILES string of the molecule is CCCCC(CC)C(OC(=O)OOC(=O)O)C(C)(C)C. The first-order valence-corrected chi connectivity index (χ1v) is 7.00. The summed E-state index contributed by atoms with van der Waals surface area (Å²) < 4.78 is 5.27. The van der Waals surface area contributed by atoms with Crippen molar-refractivity contribution >= 4 is 12.3 Å². The van der Waals surface area contributed by atoms with E-state index in [-0.39, 0.29) is 17.4 Å². The van der Waals surface area contributed by atoms with Crippen LogP contribution in [0.15, 0.2) is 0 Å². The van der Waals surface area contributed by atoms with Crippen molar-refractivity contribution in [2.45, 2.75) is 66.4 Å². The Kier molecular flexibility index (Phi) is 8.03. The molecule has 0 radical (unpaired) electrons. The van der Waals surface area contributed by atoms with Crippen LogP contribution in [-0.4, -0.2) is 23.5 Å². The van der Waals surface area contributed by atoms with Gasteiger partial charge < -0.3 is 9.84 Å². The third kappa shape index (κ3) is 7.21. The lowest BCUT2D eigenvalue weighted by Gasteiger charge is -2.35. The smallest absolute Gasteiger partial charge is 0.447 e. The van der Waals surface area contributed by atoms with Gasteiger partial charge in [0.15, 0.2) is 0 Å². The van der Waals surface area contributed by atoms with Crippen molar-refractivity contribution in [1.29, 1.82) is 0 Å². The van der Waals surface area contributed by atoms with Gasteiger partial charge in [-0.25, -0.2) is 9.68 Å². The molecule has 2 unspecified atom stereocenters. The van der Waals surface area contributed by atoms with E-state index in [0.29, 0.717) is 0 Å². The molecular formula is C14H26O6. The Morgan fingerprint density at radius 3 is 2.15 bits per heavy atom. The second-order valence-corrected chi connectivity index (χ2v) is 5.90. The van der Waals surface area contributed by atoms with Crippen LogP contribution in [0.25, 0.3) is 0 Å². The van der Waals surface area contributed by atoms with Crippen LogP contribution < -0.4 is 0 Å². The molecule has 0 aliphatic heterocycles. The van der Waals surface area contributed by atoms with Crippen LogP contribution in [0.5, 0.6) is 0 Å². The Hall–Kier alpha value is -1.46. The zero-order valence-corrected chi connectivity index (χ0v) is 13.0. The Morgan fingerprint density at radius 2 is 1.75 bits per heavy atom. The summed E-state index contributed by atoms with van der Waals surface area (Å²) in [4.78, 5) is 29.5. The lowest BCUT2D eigenvalue weighted by atomic mass is 9.78. The van der Waals surface area contributed by atoms with E-state index >= 15 is 0 Å². The molecule has 6 nitrogen and oxygen atoms in total. The van der Waals surface area contributed by atoms with Gasteiger partial charge in [-0.2, -0.15) is 9.68 Å². The lowest BCUT2D eigenvalue weighted by molar-refractivity contribution is -0.223. The number of ether oxygens (including phenoxy) is 1. The van der Waals surface area contributed by atoms with E-state index in [1.54, 1.807) is 0 Å². The maximum absolute atomic E-state index is 11.5. The highest BCUT2D eigenvalue weighted by Gasteiger charge is 2.35. The summed E-state index contributed by atoms with van der Waals surface area (Å²) in [6.07, 6.45) is 0.769. The molecule has 118 valence electrons. The molecule has 6 heteroatoms. The number of carboxylic acid groups (broad SMARTS) is 1. The average Bonchev–Trinajstić information content (AvgIpc) is 2.34. The molecule has 0 rings (SSSR count). The van der Waals surface area contributed by atoms with Crippen LogP contribution in [0.1, 0.15) is 60.3 Å². The van der Waals surface area contributed by atoms with Crippen LogP contribution in [0.4, 0.5) is 9.59 Å². The van der Waals surface area contributed by atoms with E-state index in [4.69, 9.17) is 9.84 Å². The number of unbranched alkanes of at least 4 members (excludes halogenated alkanes) is 1. The average molecular weight is 290 g/mol. The molecule has 0 heterocycles. The van der Waals surface area contributed by atoms with Crippen molar-refractivity contribution in [2.24, 2.45) is 11.3 Å². The normalized spacial score (nSPS) is 14.2. The highest BCUT2D eigenvalue weighted by Crippen LogP contribution is 2.33. The van der Waals surface area contributed by atoms with Crippen molar-refractivity contribution in [3.8, 4) is 0 Å². The van der Waals surface area contributed by atoms with Gasteiger partial charge in [0.1, 0.15) is 6.10 Å². The van der Waals surface area contributed by atoms with Gasteiger partial charge in [0.25, 0.3) is 0 Å². The van der Waals surface area contributed by atoms with Crippen molar-refractivity contribution < 1.29 is 29.2 Å². The summed E-state index contributed by atoms with van der Waals surface area (Å²) >= 11 is 0. The number of hydrogen-bond donors (Lipinski definition) is 1. The van der Waals surface area contributed by atoms with Crippen LogP contribution in [0.3, 0.4) is 0 Å². The van der Waals surface area contributed by atoms with E-state index in [2.05, 4.69) is 16.7 Å². The molecular weight excluding hydrogens is 264 g/mol. The van der Waals surface area contributed by atoms with E-state index < -0.39 is 12.3 Å². The van der Waals surface area contributed by atoms with E-state index in [0.717, 1.165) is 25.7 Å². The molecule has 0 bridgehead atoms. The molecule has 20 heavy (non-hydrogen) atoms. The molecule has 0 aliphatic carbocycles. The number of carbonyl (C=O) groups is 2. The first kappa shape index (κ1) is 18.5. The second-order valence-electron chi connectivity index (χ2n) is 5.90. The minimum Gasteiger partial charge on any atom is -0.447 e. The first-order valence-electron chi connectivity index (χ1n) is 7.00. The van der Waals surface area contributed by atoms with Gasteiger partial charge in [-0.15, -0.1) is 0 Å². The summed E-state index contributed by atoms with van der Waals surface area (Å²) in [6.45, 7) is 10.1. The minimum atomic E-state index is -1.69. The molecule has 1 N–H and O–H groups in total. The van der Waals surface area contributed by atoms with E-state index in [1.807, 2.05) is 27.7 Å². The second kappa shape index (κ2) is 8.66. The minimum absolute atomic E-state index is 0.201. The Balaban J connectivity index is 4.70. The van der Waals surface area contributed by atoms with Gasteiger partial charge in [0.2, 0.25) is 0 Å². The predicted octanol–water partition coefficient (Wildman–Crippen LogP) is 4.38. The van der Waals surface area contributed by atoms with Crippen molar-refractivity contribution in [3.63, 3.8) is 0 Å². The highest BCUT2D eigenvalue weighted by atomic mass is 17.3. The Labute approximate surface area is 120 Å². The third-order valence-electron chi connectivity index (χ3n) is 3.14. The highest BCUT2D eigenvalue weighted by molar-refractivity contribution is 5.62. The zero-order chi connectivity index (χ0) is 15.8. The van der Waals surface area contributed by atoms with Crippen molar-refractivity contribution in [1.82, 2.24) is 0 Å². The van der Waals surface area contributed by atoms with Gasteiger partial charge in [0, 0.05) is 0 Å². The van der Waals surface area contributed by atoms with Crippen LogP contribution in [-0.2, 0) is 14.5 Å². The molecule has 0 saturated heterocycles. The Morgan fingerprint density at radius 1 is 1.15 bits per heavy atom. The van der Waals surface area contributed by atoms with Crippen LogP contribution >= 0.6 is 0 Å². The van der Waals surface area contributed by atoms with Gasteiger partial charge in [-0.3, -0.25) is 0 Å². The van der Waals surface area contributed by atoms with E-state index in [1.165, 1.54) is 0 Å². The summed E-state index contributed by atoms with van der Waals surface area (Å²) in [5.74, 6) is 0.201. The maximum Gasteiger partial charge on any atom is 0.550 e. The summed E-state index contributed by atoms with van der Waals surface area (Å²) in [5.41, 5.74) is -0.267. The molecule has 0 aromatic carbocycles. The molecule has 0 aromatic rings. The molecule has 0 amide bonds. The van der Waals surface area contributed by atoms with Crippen LogP contribution in [0, 0.1) is 11.3 Å². The fourth-order valence-electron chi connectivity index (χ4n) is 2.21. The number of rotatable bonds is 6. The quantitative estimate of drug-likeness (QED) is 0.444. The van der Waals surface area contributed by atoms with Gasteiger partial charge >= 0.3 is 12.3 Å². The lowest BCUT2D eigenvalue weighted by Crippen LogP contribution is -2.38. The summed E-state index contributed by atoms with van der Waals surface area (Å²) in [5, 5.41) is 8.27. The third-order valence-corrected chi connectivity index (χ3v) is 3.14. The van der Waals surface area contributed by atoms with Gasteiger partial charge in [-0.05, 0) is 24.2 Å². The Bertz CT molecular complexity index is 307. The van der Waals surface area contributed by atoms with Crippen molar-refractivity contribution in [3.05, 3.63) is 0 Å². The monoisotopic (exact) mass is 290 g/mol. The molecule has 2 atom stereocenters. The first-order chi connectivity index (χ1) is 9.22. The predicted molar refractivity (Wildman–Crippen MR) is 73.2 cm³/mol. The molecule has 0 aliphatic rings. The van der Waals surface area contributed by atoms with Gasteiger partial charge in [0.05, 0.1) is 0 Å². The molecule has 0 spiro atoms. The molecule has 0 aromatic heterocycles.